The largest absolute Gasteiger partial charge is 0.490 e. The van der Waals surface area contributed by atoms with E-state index in [2.05, 4.69) is 39.1 Å². The Hall–Kier alpha value is -1.06. The molecule has 114 valence electrons. The molecule has 0 aliphatic carbocycles. The Labute approximate surface area is 123 Å². The number of nitrogens with one attached hydrogen (secondary N) is 1. The van der Waals surface area contributed by atoms with E-state index < -0.39 is 0 Å². The van der Waals surface area contributed by atoms with Gasteiger partial charge in [-0.2, -0.15) is 0 Å². The van der Waals surface area contributed by atoms with E-state index in [1.165, 1.54) is 11.1 Å². The highest BCUT2D eigenvalue weighted by Gasteiger charge is 2.26. The minimum atomic E-state index is -0.285. The van der Waals surface area contributed by atoms with E-state index in [0.29, 0.717) is 0 Å². The molecule has 0 spiro atoms. The van der Waals surface area contributed by atoms with Crippen molar-refractivity contribution in [3.8, 4) is 5.75 Å². The zero-order valence-electron chi connectivity index (χ0n) is 13.5. The van der Waals surface area contributed by atoms with E-state index in [1.807, 2.05) is 19.1 Å². The molecule has 0 fully saturated rings. The predicted octanol–water partition coefficient (Wildman–Crippen LogP) is 3.21. The molecule has 3 heteroatoms. The van der Waals surface area contributed by atoms with Gasteiger partial charge in [0, 0.05) is 12.0 Å². The lowest BCUT2D eigenvalue weighted by Gasteiger charge is -2.32. The molecule has 1 rings (SSSR count). The van der Waals surface area contributed by atoms with E-state index in [-0.39, 0.29) is 18.2 Å². The number of ether oxygens (including phenoxy) is 1. The monoisotopic (exact) mass is 279 g/mol. The Morgan fingerprint density at radius 2 is 2.05 bits per heavy atom. The van der Waals surface area contributed by atoms with Crippen LogP contribution in [0.5, 0.6) is 5.75 Å². The maximum absolute atomic E-state index is 9.61. The van der Waals surface area contributed by atoms with Gasteiger partial charge in [0.1, 0.15) is 5.75 Å². The number of aliphatic hydroxyl groups is 1. The van der Waals surface area contributed by atoms with Crippen molar-refractivity contribution in [1.82, 2.24) is 5.32 Å². The van der Waals surface area contributed by atoms with Gasteiger partial charge >= 0.3 is 0 Å². The number of aliphatic hydroxyl groups excluding tert-OH is 1. The van der Waals surface area contributed by atoms with Crippen LogP contribution in [0.2, 0.25) is 0 Å². The lowest BCUT2D eigenvalue weighted by atomic mass is 9.95. The predicted molar refractivity (Wildman–Crippen MR) is 84.4 cm³/mol. The summed E-state index contributed by atoms with van der Waals surface area (Å²) in [6.07, 6.45) is 1.88. The molecule has 0 amide bonds. The maximum atomic E-state index is 9.61. The lowest BCUT2D eigenvalue weighted by Crippen LogP contribution is -2.48. The quantitative estimate of drug-likeness (QED) is 0.768. The molecule has 0 saturated heterocycles. The van der Waals surface area contributed by atoms with Crippen molar-refractivity contribution >= 4 is 0 Å². The summed E-state index contributed by atoms with van der Waals surface area (Å²) in [5, 5.41) is 13.0. The second-order valence-corrected chi connectivity index (χ2v) is 5.98. The lowest BCUT2D eigenvalue weighted by molar-refractivity contribution is 0.109. The van der Waals surface area contributed by atoms with Crippen LogP contribution in [0.3, 0.4) is 0 Å². The highest BCUT2D eigenvalue weighted by Crippen LogP contribution is 2.24. The molecule has 0 heterocycles. The normalized spacial score (nSPS) is 15.7. The van der Waals surface area contributed by atoms with Crippen molar-refractivity contribution in [2.45, 2.75) is 59.1 Å². The van der Waals surface area contributed by atoms with E-state index in [9.17, 15) is 5.11 Å². The summed E-state index contributed by atoms with van der Waals surface area (Å²) in [6, 6.07) is 6.12. The van der Waals surface area contributed by atoms with Crippen LogP contribution in [0, 0.1) is 13.8 Å². The first-order valence-electron chi connectivity index (χ1n) is 7.50. The molecule has 3 nitrogen and oxygen atoms in total. The Morgan fingerprint density at radius 3 is 2.65 bits per heavy atom. The fraction of sp³-hybridized carbons (Fsp3) is 0.647. The molecule has 2 atom stereocenters. The molecule has 0 aromatic heterocycles. The third kappa shape index (κ3) is 4.80. The van der Waals surface area contributed by atoms with Gasteiger partial charge in [0.25, 0.3) is 0 Å². The van der Waals surface area contributed by atoms with Crippen molar-refractivity contribution in [2.75, 3.05) is 13.2 Å². The van der Waals surface area contributed by atoms with Crippen LogP contribution in [0.15, 0.2) is 18.2 Å². The van der Waals surface area contributed by atoms with E-state index in [1.54, 1.807) is 0 Å². The molecule has 0 aliphatic rings. The fourth-order valence-corrected chi connectivity index (χ4v) is 2.36. The van der Waals surface area contributed by atoms with Crippen LogP contribution in [0.4, 0.5) is 0 Å². The first kappa shape index (κ1) is 17.0. The van der Waals surface area contributed by atoms with Crippen LogP contribution in [-0.4, -0.2) is 29.9 Å². The minimum Gasteiger partial charge on any atom is -0.490 e. The maximum Gasteiger partial charge on any atom is 0.122 e. The molecule has 20 heavy (non-hydrogen) atoms. The Bertz CT molecular complexity index is 419. The van der Waals surface area contributed by atoms with Gasteiger partial charge in [-0.1, -0.05) is 19.1 Å². The fourth-order valence-electron chi connectivity index (χ4n) is 2.36. The van der Waals surface area contributed by atoms with Crippen molar-refractivity contribution in [3.05, 3.63) is 29.3 Å². The zero-order valence-corrected chi connectivity index (χ0v) is 13.5. The number of hydrogen-bond acceptors (Lipinski definition) is 3. The third-order valence-electron chi connectivity index (χ3n) is 3.77. The zero-order chi connectivity index (χ0) is 15.2. The van der Waals surface area contributed by atoms with Crippen LogP contribution >= 0.6 is 0 Å². The average Bonchev–Trinajstić information content (AvgIpc) is 2.41. The summed E-state index contributed by atoms with van der Waals surface area (Å²) in [6.45, 7) is 11.4. The van der Waals surface area contributed by atoms with Crippen LogP contribution in [0.1, 0.15) is 44.7 Å². The van der Waals surface area contributed by atoms with Crippen molar-refractivity contribution in [1.29, 1.82) is 0 Å². The SMILES string of the molecule is CCCNC(C)(CO)CC(C)Oc1cccc(C)c1C. The van der Waals surface area contributed by atoms with Gasteiger partial charge in [0.2, 0.25) is 0 Å². The molecule has 1 aromatic rings. The first-order chi connectivity index (χ1) is 9.41. The molecule has 1 aromatic carbocycles. The number of benzene rings is 1. The Balaban J connectivity index is 2.66. The van der Waals surface area contributed by atoms with Crippen LogP contribution in [-0.2, 0) is 0 Å². The average molecular weight is 279 g/mol. The van der Waals surface area contributed by atoms with Crippen LogP contribution in [0.25, 0.3) is 0 Å². The van der Waals surface area contributed by atoms with E-state index in [0.717, 1.165) is 25.1 Å². The van der Waals surface area contributed by atoms with Gasteiger partial charge in [0.05, 0.1) is 12.7 Å². The van der Waals surface area contributed by atoms with Crippen molar-refractivity contribution in [3.63, 3.8) is 0 Å². The second kappa shape index (κ2) is 7.65. The standard InChI is InChI=1S/C17H29NO2/c1-6-10-18-17(5,12-19)11-14(3)20-16-9-7-8-13(2)15(16)4/h7-9,14,18-19H,6,10-12H2,1-5H3. The number of aryl methyl sites for hydroxylation is 1. The molecule has 2 N–H and O–H groups in total. The molecular formula is C17H29NO2. The van der Waals surface area contributed by atoms with E-state index >= 15 is 0 Å². The number of hydrogen-bond donors (Lipinski definition) is 2. The summed E-state index contributed by atoms with van der Waals surface area (Å²) in [7, 11) is 0. The Kier molecular flexibility index (Phi) is 6.50. The smallest absolute Gasteiger partial charge is 0.122 e. The van der Waals surface area contributed by atoms with Crippen molar-refractivity contribution < 1.29 is 9.84 Å². The van der Waals surface area contributed by atoms with Gasteiger partial charge in [0.15, 0.2) is 0 Å². The third-order valence-corrected chi connectivity index (χ3v) is 3.77. The van der Waals surface area contributed by atoms with Crippen molar-refractivity contribution in [2.24, 2.45) is 0 Å². The summed E-state index contributed by atoms with van der Waals surface area (Å²) in [5.74, 6) is 0.938. The molecule has 0 saturated carbocycles. The van der Waals surface area contributed by atoms with Gasteiger partial charge in [-0.15, -0.1) is 0 Å². The topological polar surface area (TPSA) is 41.5 Å². The molecule has 2 unspecified atom stereocenters. The van der Waals surface area contributed by atoms with E-state index in [4.69, 9.17) is 4.74 Å². The van der Waals surface area contributed by atoms with Gasteiger partial charge < -0.3 is 15.2 Å². The summed E-state index contributed by atoms with van der Waals surface area (Å²) < 4.78 is 6.05. The summed E-state index contributed by atoms with van der Waals surface area (Å²) >= 11 is 0. The van der Waals surface area contributed by atoms with Gasteiger partial charge in [-0.05, 0) is 57.9 Å². The summed E-state index contributed by atoms with van der Waals surface area (Å²) in [5.41, 5.74) is 2.14. The minimum absolute atomic E-state index is 0.0528. The summed E-state index contributed by atoms with van der Waals surface area (Å²) in [4.78, 5) is 0. The highest BCUT2D eigenvalue weighted by molar-refractivity contribution is 5.38. The van der Waals surface area contributed by atoms with Gasteiger partial charge in [-0.3, -0.25) is 0 Å². The highest BCUT2D eigenvalue weighted by atomic mass is 16.5. The molecule has 0 bridgehead atoms. The Morgan fingerprint density at radius 1 is 1.35 bits per heavy atom. The second-order valence-electron chi connectivity index (χ2n) is 5.98. The molecule has 0 aliphatic heterocycles. The molecular weight excluding hydrogens is 250 g/mol. The molecule has 0 radical (unpaired) electrons. The van der Waals surface area contributed by atoms with Crippen LogP contribution < -0.4 is 10.1 Å². The van der Waals surface area contributed by atoms with Gasteiger partial charge in [-0.25, -0.2) is 0 Å². The number of rotatable bonds is 8. The first-order valence-corrected chi connectivity index (χ1v) is 7.50.